The van der Waals surface area contributed by atoms with Crippen LogP contribution in [0.25, 0.3) is 0 Å². The van der Waals surface area contributed by atoms with E-state index in [1.165, 1.54) is 0 Å². The first kappa shape index (κ1) is 8.47. The van der Waals surface area contributed by atoms with Crippen LogP contribution in [0.4, 0.5) is 0 Å². The van der Waals surface area contributed by atoms with Crippen LogP contribution in [0.5, 0.6) is 0 Å². The minimum atomic E-state index is -0.567. The SMILES string of the molecule is CC(C=O)[SiH2]C(Cl)Cl. The Hall–Kier alpha value is 0.467. The molecule has 1 atom stereocenters. The van der Waals surface area contributed by atoms with Crippen molar-refractivity contribution in [2.24, 2.45) is 0 Å². The molecule has 0 rings (SSSR count). The third-order valence-electron chi connectivity index (χ3n) is 0.782. The predicted molar refractivity (Wildman–Crippen MR) is 39.5 cm³/mol. The van der Waals surface area contributed by atoms with E-state index in [4.69, 9.17) is 23.2 Å². The summed E-state index contributed by atoms with van der Waals surface area (Å²) in [6, 6.07) is 0. The molecule has 0 aromatic carbocycles. The molecule has 0 aliphatic heterocycles. The molecule has 0 bridgehead atoms. The van der Waals surface area contributed by atoms with Crippen LogP contribution in [0.15, 0.2) is 0 Å². The second-order valence-corrected chi connectivity index (χ2v) is 6.63. The lowest BCUT2D eigenvalue weighted by Gasteiger charge is -1.99. The number of aldehydes is 1. The number of carbonyl (C=O) groups is 1. The molecule has 0 heterocycles. The Morgan fingerprint density at radius 2 is 2.12 bits per heavy atom. The average molecular weight is 171 g/mol. The molecule has 1 nitrogen and oxygen atoms in total. The largest absolute Gasteiger partial charge is 0.303 e. The molecule has 0 spiro atoms. The molecule has 0 aromatic heterocycles. The predicted octanol–water partition coefficient (Wildman–Crippen LogP) is 0.924. The Morgan fingerprint density at radius 3 is 2.25 bits per heavy atom. The summed E-state index contributed by atoms with van der Waals surface area (Å²) in [5, 5.41) is 0. The molecule has 0 fully saturated rings. The standard InChI is InChI=1S/C4H8Cl2OSi/c1-3(2-7)8-4(5)6/h2-4H,8H2,1H3. The van der Waals surface area contributed by atoms with Crippen LogP contribution in [0, 0.1) is 0 Å². The molecule has 0 aliphatic rings. The Kier molecular flexibility index (Phi) is 4.61. The highest BCUT2D eigenvalue weighted by molar-refractivity contribution is 6.70. The van der Waals surface area contributed by atoms with Gasteiger partial charge in [-0.1, -0.05) is 6.92 Å². The number of carbonyl (C=O) groups excluding carboxylic acids is 1. The van der Waals surface area contributed by atoms with E-state index < -0.39 is 9.52 Å². The summed E-state index contributed by atoms with van der Waals surface area (Å²) in [6.45, 7) is 1.84. The van der Waals surface area contributed by atoms with E-state index in [2.05, 4.69) is 0 Å². The third-order valence-corrected chi connectivity index (χ3v) is 3.14. The number of rotatable bonds is 3. The molecule has 0 radical (unpaired) electrons. The lowest BCUT2D eigenvalue weighted by molar-refractivity contribution is -0.107. The van der Waals surface area contributed by atoms with Crippen LogP contribution >= 0.6 is 23.2 Å². The van der Waals surface area contributed by atoms with E-state index in [0.29, 0.717) is 0 Å². The van der Waals surface area contributed by atoms with E-state index in [0.717, 1.165) is 6.29 Å². The Morgan fingerprint density at radius 1 is 1.62 bits per heavy atom. The molecule has 48 valence electrons. The first-order chi connectivity index (χ1) is 3.66. The summed E-state index contributed by atoms with van der Waals surface area (Å²) in [4.78, 5) is 9.96. The average Bonchev–Trinajstić information content (AvgIpc) is 1.65. The van der Waals surface area contributed by atoms with Gasteiger partial charge in [-0.3, -0.25) is 0 Å². The molecule has 0 aromatic rings. The van der Waals surface area contributed by atoms with Crippen LogP contribution in [-0.4, -0.2) is 20.3 Å². The van der Waals surface area contributed by atoms with E-state index in [9.17, 15) is 4.79 Å². The van der Waals surface area contributed by atoms with Crippen molar-refractivity contribution in [2.45, 2.75) is 16.9 Å². The molecular weight excluding hydrogens is 163 g/mol. The van der Waals surface area contributed by atoms with Crippen molar-refractivity contribution < 1.29 is 4.79 Å². The van der Waals surface area contributed by atoms with E-state index in [1.54, 1.807) is 0 Å². The Labute approximate surface area is 61.2 Å². The van der Waals surface area contributed by atoms with Gasteiger partial charge < -0.3 is 4.79 Å². The second-order valence-electron chi connectivity index (χ2n) is 1.74. The number of halogens is 2. The zero-order valence-electron chi connectivity index (χ0n) is 4.60. The lowest BCUT2D eigenvalue weighted by atomic mass is 10.5. The topological polar surface area (TPSA) is 17.1 Å². The van der Waals surface area contributed by atoms with Gasteiger partial charge in [-0.25, -0.2) is 0 Å². The maximum Gasteiger partial charge on any atom is 0.119 e. The van der Waals surface area contributed by atoms with Gasteiger partial charge in [0.15, 0.2) is 0 Å². The summed E-state index contributed by atoms with van der Waals surface area (Å²) in [5.74, 6) is 0. The van der Waals surface area contributed by atoms with Crippen LogP contribution in [0.1, 0.15) is 6.92 Å². The summed E-state index contributed by atoms with van der Waals surface area (Å²) in [7, 11) is -0.567. The van der Waals surface area contributed by atoms with Gasteiger partial charge >= 0.3 is 0 Å². The second kappa shape index (κ2) is 4.36. The monoisotopic (exact) mass is 170 g/mol. The molecule has 8 heavy (non-hydrogen) atoms. The maximum absolute atomic E-state index is 9.96. The number of hydrogen-bond donors (Lipinski definition) is 0. The molecule has 0 amide bonds. The third kappa shape index (κ3) is 4.62. The van der Waals surface area contributed by atoms with Crippen molar-refractivity contribution in [2.75, 3.05) is 0 Å². The molecule has 0 aliphatic carbocycles. The highest BCUT2D eigenvalue weighted by Crippen LogP contribution is 2.06. The molecule has 1 unspecified atom stereocenters. The van der Waals surface area contributed by atoms with Crippen LogP contribution in [0.3, 0.4) is 0 Å². The highest BCUT2D eigenvalue weighted by atomic mass is 35.5. The molecular formula is C4H8Cl2OSi. The maximum atomic E-state index is 9.96. The fourth-order valence-electron chi connectivity index (χ4n) is 0.337. The summed E-state index contributed by atoms with van der Waals surface area (Å²) < 4.78 is -0.268. The number of alkyl halides is 2. The lowest BCUT2D eigenvalue weighted by Crippen LogP contribution is -2.08. The van der Waals surface area contributed by atoms with Crippen molar-refractivity contribution in [3.05, 3.63) is 0 Å². The molecule has 4 heteroatoms. The summed E-state index contributed by atoms with van der Waals surface area (Å²) in [6.07, 6.45) is 0.907. The fraction of sp³-hybridized carbons (Fsp3) is 0.750. The normalized spacial score (nSPS) is 15.5. The molecule has 0 saturated heterocycles. The Bertz CT molecular complexity index is 76.4. The van der Waals surface area contributed by atoms with Crippen molar-refractivity contribution >= 4 is 39.0 Å². The molecule has 0 N–H and O–H groups in total. The van der Waals surface area contributed by atoms with Gasteiger partial charge in [0, 0.05) is 5.54 Å². The van der Waals surface area contributed by atoms with Gasteiger partial charge in [0.25, 0.3) is 0 Å². The van der Waals surface area contributed by atoms with Crippen LogP contribution < -0.4 is 0 Å². The van der Waals surface area contributed by atoms with Gasteiger partial charge in [-0.15, -0.1) is 23.2 Å². The minimum Gasteiger partial charge on any atom is -0.303 e. The van der Waals surface area contributed by atoms with Gasteiger partial charge in [-0.05, 0) is 0 Å². The van der Waals surface area contributed by atoms with Crippen molar-refractivity contribution in [3.8, 4) is 0 Å². The first-order valence-electron chi connectivity index (χ1n) is 2.40. The van der Waals surface area contributed by atoms with Gasteiger partial charge in [-0.2, -0.15) is 0 Å². The van der Waals surface area contributed by atoms with Gasteiger partial charge in [0.1, 0.15) is 6.29 Å². The van der Waals surface area contributed by atoms with E-state index >= 15 is 0 Å². The minimum absolute atomic E-state index is 0.120. The highest BCUT2D eigenvalue weighted by Gasteiger charge is 2.05. The van der Waals surface area contributed by atoms with Crippen molar-refractivity contribution in [1.29, 1.82) is 0 Å². The molecule has 0 saturated carbocycles. The quantitative estimate of drug-likeness (QED) is 0.350. The fourth-order valence-corrected chi connectivity index (χ4v) is 2.70. The first-order valence-corrected chi connectivity index (χ1v) is 4.91. The summed E-state index contributed by atoms with van der Waals surface area (Å²) >= 11 is 10.8. The smallest absolute Gasteiger partial charge is 0.119 e. The number of hydrogen-bond acceptors (Lipinski definition) is 1. The van der Waals surface area contributed by atoms with Crippen molar-refractivity contribution in [3.63, 3.8) is 0 Å². The van der Waals surface area contributed by atoms with Crippen LogP contribution in [-0.2, 0) is 4.79 Å². The zero-order chi connectivity index (χ0) is 6.57. The van der Waals surface area contributed by atoms with Gasteiger partial charge in [0.2, 0.25) is 0 Å². The van der Waals surface area contributed by atoms with Gasteiger partial charge in [0.05, 0.1) is 14.0 Å². The zero-order valence-corrected chi connectivity index (χ0v) is 7.53. The Balaban J connectivity index is 3.23. The van der Waals surface area contributed by atoms with E-state index in [-0.39, 0.29) is 10.0 Å². The summed E-state index contributed by atoms with van der Waals surface area (Å²) in [5.41, 5.74) is 0.120. The van der Waals surface area contributed by atoms with Crippen molar-refractivity contribution in [1.82, 2.24) is 0 Å². The van der Waals surface area contributed by atoms with Crippen LogP contribution in [0.2, 0.25) is 5.54 Å². The van der Waals surface area contributed by atoms with E-state index in [1.807, 2.05) is 6.92 Å².